The van der Waals surface area contributed by atoms with Gasteiger partial charge in [0.15, 0.2) is 0 Å². The van der Waals surface area contributed by atoms with Crippen LogP contribution in [0.15, 0.2) is 72.1 Å². The number of anilines is 1. The number of fused-ring (bicyclic) bond motifs is 1. The number of carbonyl (C=O) groups excluding carboxylic acids is 1. The van der Waals surface area contributed by atoms with E-state index in [-0.39, 0.29) is 11.4 Å². The Labute approximate surface area is 190 Å². The van der Waals surface area contributed by atoms with Gasteiger partial charge in [0.05, 0.1) is 6.21 Å². The average Bonchev–Trinajstić information content (AvgIpc) is 3.31. The minimum atomic E-state index is -0.220. The molecule has 0 spiro atoms. The van der Waals surface area contributed by atoms with Crippen LogP contribution in [-0.2, 0) is 0 Å². The van der Waals surface area contributed by atoms with Crippen LogP contribution in [0.25, 0.3) is 5.69 Å². The van der Waals surface area contributed by atoms with Gasteiger partial charge in [0.25, 0.3) is 5.91 Å². The van der Waals surface area contributed by atoms with Crippen LogP contribution in [0.3, 0.4) is 0 Å². The number of amides is 1. The van der Waals surface area contributed by atoms with Crippen LogP contribution in [0, 0.1) is 0 Å². The number of hydrazone groups is 1. The standard InChI is InChI=1S/C27H32N4O/c1-5-14-31-25-13-8-21(17-24(25)20(2)18-27(31,3)4)19-28-29-26(32)22-9-11-23(12-10-22)30-15-6-7-16-30/h6-13,15-17,19-20H,5,14,18H2,1-4H3,(H,29,32)/b28-19+. The number of benzene rings is 2. The van der Waals surface area contributed by atoms with Gasteiger partial charge in [-0.1, -0.05) is 19.9 Å². The van der Waals surface area contributed by atoms with Gasteiger partial charge in [-0.15, -0.1) is 0 Å². The van der Waals surface area contributed by atoms with E-state index in [0.29, 0.717) is 11.5 Å². The van der Waals surface area contributed by atoms with Gasteiger partial charge < -0.3 is 9.47 Å². The van der Waals surface area contributed by atoms with Crippen molar-refractivity contribution >= 4 is 17.8 Å². The molecule has 0 saturated carbocycles. The number of hydrogen-bond acceptors (Lipinski definition) is 3. The van der Waals surface area contributed by atoms with Crippen LogP contribution < -0.4 is 10.3 Å². The third-order valence-electron chi connectivity index (χ3n) is 6.27. The summed E-state index contributed by atoms with van der Waals surface area (Å²) in [5.41, 5.74) is 8.06. The molecule has 1 N–H and O–H groups in total. The molecule has 1 aliphatic heterocycles. The minimum absolute atomic E-state index is 0.156. The van der Waals surface area contributed by atoms with Gasteiger partial charge in [0, 0.05) is 41.4 Å². The summed E-state index contributed by atoms with van der Waals surface area (Å²) < 4.78 is 2.00. The highest BCUT2D eigenvalue weighted by atomic mass is 16.2. The summed E-state index contributed by atoms with van der Waals surface area (Å²) in [7, 11) is 0. The van der Waals surface area contributed by atoms with Crippen LogP contribution in [0.4, 0.5) is 5.69 Å². The van der Waals surface area contributed by atoms with E-state index in [1.807, 2.05) is 53.4 Å². The summed E-state index contributed by atoms with van der Waals surface area (Å²) in [5.74, 6) is 0.261. The molecule has 0 radical (unpaired) electrons. The molecule has 2 heterocycles. The summed E-state index contributed by atoms with van der Waals surface area (Å²) in [6.07, 6.45) is 7.92. The molecule has 1 aliphatic rings. The van der Waals surface area contributed by atoms with Crippen molar-refractivity contribution < 1.29 is 4.79 Å². The van der Waals surface area contributed by atoms with E-state index in [1.54, 1.807) is 6.21 Å². The van der Waals surface area contributed by atoms with Crippen LogP contribution in [0.2, 0.25) is 0 Å². The highest BCUT2D eigenvalue weighted by molar-refractivity contribution is 5.95. The second-order valence-electron chi connectivity index (χ2n) is 9.22. The second-order valence-corrected chi connectivity index (χ2v) is 9.22. The smallest absolute Gasteiger partial charge is 0.271 e. The molecule has 1 unspecified atom stereocenters. The maximum absolute atomic E-state index is 12.5. The van der Waals surface area contributed by atoms with Crippen LogP contribution in [0.5, 0.6) is 0 Å². The Hall–Kier alpha value is -3.34. The molecule has 32 heavy (non-hydrogen) atoms. The number of hydrogen-bond donors (Lipinski definition) is 1. The molecule has 0 bridgehead atoms. The Morgan fingerprint density at radius 2 is 1.88 bits per heavy atom. The third kappa shape index (κ3) is 4.47. The van der Waals surface area contributed by atoms with Crippen molar-refractivity contribution in [3.05, 3.63) is 83.7 Å². The topological polar surface area (TPSA) is 49.6 Å². The molecule has 3 aromatic rings. The van der Waals surface area contributed by atoms with Crippen molar-refractivity contribution in [3.8, 4) is 5.69 Å². The molecule has 1 aromatic heterocycles. The molecule has 5 nitrogen and oxygen atoms in total. The van der Waals surface area contributed by atoms with Crippen molar-refractivity contribution in [1.82, 2.24) is 9.99 Å². The molecule has 2 aromatic carbocycles. The van der Waals surface area contributed by atoms with Crippen molar-refractivity contribution in [2.75, 3.05) is 11.4 Å². The molecule has 1 amide bonds. The van der Waals surface area contributed by atoms with Gasteiger partial charge in [0.2, 0.25) is 0 Å². The van der Waals surface area contributed by atoms with Gasteiger partial charge in [-0.25, -0.2) is 5.43 Å². The van der Waals surface area contributed by atoms with E-state index in [9.17, 15) is 4.79 Å². The number of aromatic nitrogens is 1. The van der Waals surface area contributed by atoms with Gasteiger partial charge in [-0.05, 0) is 92.3 Å². The predicted molar refractivity (Wildman–Crippen MR) is 132 cm³/mol. The van der Waals surface area contributed by atoms with Crippen molar-refractivity contribution in [1.29, 1.82) is 0 Å². The van der Waals surface area contributed by atoms with E-state index < -0.39 is 0 Å². The lowest BCUT2D eigenvalue weighted by Crippen LogP contribution is -2.48. The van der Waals surface area contributed by atoms with Crippen LogP contribution in [-0.4, -0.2) is 28.8 Å². The zero-order chi connectivity index (χ0) is 22.7. The maximum Gasteiger partial charge on any atom is 0.271 e. The molecular weight excluding hydrogens is 396 g/mol. The molecule has 0 fully saturated rings. The lowest BCUT2D eigenvalue weighted by atomic mass is 9.79. The Bertz CT molecular complexity index is 1100. The number of nitrogens with one attached hydrogen (secondary N) is 1. The first-order valence-electron chi connectivity index (χ1n) is 11.4. The molecule has 4 rings (SSSR count). The van der Waals surface area contributed by atoms with Crippen LogP contribution >= 0.6 is 0 Å². The molecule has 1 atom stereocenters. The minimum Gasteiger partial charge on any atom is -0.366 e. The molecular formula is C27H32N4O. The Morgan fingerprint density at radius 3 is 2.56 bits per heavy atom. The Morgan fingerprint density at radius 1 is 1.16 bits per heavy atom. The normalized spacial score (nSPS) is 17.4. The quantitative estimate of drug-likeness (QED) is 0.402. The summed E-state index contributed by atoms with van der Waals surface area (Å²) in [4.78, 5) is 15.0. The number of carbonyl (C=O) groups is 1. The fourth-order valence-electron chi connectivity index (χ4n) is 4.76. The highest BCUT2D eigenvalue weighted by Gasteiger charge is 2.35. The van der Waals surface area contributed by atoms with Gasteiger partial charge in [-0.3, -0.25) is 4.79 Å². The number of rotatable bonds is 6. The van der Waals surface area contributed by atoms with E-state index >= 15 is 0 Å². The summed E-state index contributed by atoms with van der Waals surface area (Å²) in [6, 6.07) is 17.9. The summed E-state index contributed by atoms with van der Waals surface area (Å²) in [6.45, 7) is 10.2. The van der Waals surface area contributed by atoms with Gasteiger partial charge in [0.1, 0.15) is 0 Å². The first-order chi connectivity index (χ1) is 15.4. The van der Waals surface area contributed by atoms with E-state index in [4.69, 9.17) is 0 Å². The molecule has 0 saturated heterocycles. The van der Waals surface area contributed by atoms with Gasteiger partial charge in [-0.2, -0.15) is 5.10 Å². The highest BCUT2D eigenvalue weighted by Crippen LogP contribution is 2.43. The zero-order valence-corrected chi connectivity index (χ0v) is 19.4. The lowest BCUT2D eigenvalue weighted by Gasteiger charge is -2.47. The first-order valence-corrected chi connectivity index (χ1v) is 11.4. The monoisotopic (exact) mass is 428 g/mol. The maximum atomic E-state index is 12.5. The number of nitrogens with zero attached hydrogens (tertiary/aromatic N) is 3. The van der Waals surface area contributed by atoms with Crippen molar-refractivity contribution in [2.45, 2.75) is 52.0 Å². The Balaban J connectivity index is 1.45. The Kier molecular flexibility index (Phi) is 6.17. The summed E-state index contributed by atoms with van der Waals surface area (Å²) in [5, 5.41) is 4.20. The van der Waals surface area contributed by atoms with Crippen LogP contribution in [0.1, 0.15) is 67.9 Å². The van der Waals surface area contributed by atoms with Gasteiger partial charge >= 0.3 is 0 Å². The van der Waals surface area contributed by atoms with Crippen molar-refractivity contribution in [2.24, 2.45) is 5.10 Å². The molecule has 166 valence electrons. The second kappa shape index (κ2) is 9.03. The molecule has 0 aliphatic carbocycles. The SMILES string of the molecule is CCCN1c2ccc(/C=N/NC(=O)c3ccc(-n4cccc4)cc3)cc2C(C)CC1(C)C. The zero-order valence-electron chi connectivity index (χ0n) is 19.4. The first kappa shape index (κ1) is 21.9. The van der Waals surface area contributed by atoms with Crippen molar-refractivity contribution in [3.63, 3.8) is 0 Å². The van der Waals surface area contributed by atoms with E-state index in [0.717, 1.165) is 30.6 Å². The van der Waals surface area contributed by atoms with E-state index in [1.165, 1.54) is 11.3 Å². The third-order valence-corrected chi connectivity index (χ3v) is 6.27. The largest absolute Gasteiger partial charge is 0.366 e. The van der Waals surface area contributed by atoms with E-state index in [2.05, 4.69) is 61.3 Å². The molecule has 5 heteroatoms. The fourth-order valence-corrected chi connectivity index (χ4v) is 4.76. The average molecular weight is 429 g/mol. The summed E-state index contributed by atoms with van der Waals surface area (Å²) >= 11 is 0. The lowest BCUT2D eigenvalue weighted by molar-refractivity contribution is 0.0955. The fraction of sp³-hybridized carbons (Fsp3) is 0.333. The predicted octanol–water partition coefficient (Wildman–Crippen LogP) is 5.74.